The van der Waals surface area contributed by atoms with Gasteiger partial charge in [0.15, 0.2) is 0 Å². The molecule has 3 N–H and O–H groups in total. The third kappa shape index (κ3) is 16.3. The van der Waals surface area contributed by atoms with Gasteiger partial charge in [-0.3, -0.25) is 19.2 Å². The molecule has 166 valence electrons. The standard InChI is InChI=1S/C19H31NO9/c1-2-14(21)6-3-4-8-16(19(26)27)20-17(23)13-29-11-10-28-9-5-7-15(22)12-18(24)25/h16H,2-13H2,1H3,(H,20,23)(H,24,25)(H,26,27). The van der Waals surface area contributed by atoms with Crippen LogP contribution in [0.2, 0.25) is 0 Å². The van der Waals surface area contributed by atoms with E-state index >= 15 is 0 Å². The molecule has 0 spiro atoms. The summed E-state index contributed by atoms with van der Waals surface area (Å²) in [6.07, 6.45) is 2.25. The summed E-state index contributed by atoms with van der Waals surface area (Å²) >= 11 is 0. The molecular formula is C19H31NO9. The zero-order valence-electron chi connectivity index (χ0n) is 16.8. The first kappa shape index (κ1) is 26.7. The number of nitrogens with one attached hydrogen (secondary N) is 1. The maximum absolute atomic E-state index is 11.8. The van der Waals surface area contributed by atoms with Crippen molar-refractivity contribution in [3.8, 4) is 0 Å². The fourth-order valence-electron chi connectivity index (χ4n) is 2.35. The molecule has 0 aliphatic carbocycles. The number of carboxylic acid groups (broad SMARTS) is 2. The largest absolute Gasteiger partial charge is 0.481 e. The van der Waals surface area contributed by atoms with Gasteiger partial charge < -0.3 is 25.0 Å². The first-order chi connectivity index (χ1) is 13.8. The highest BCUT2D eigenvalue weighted by Gasteiger charge is 2.19. The number of amides is 1. The molecule has 1 amide bonds. The maximum atomic E-state index is 11.8. The summed E-state index contributed by atoms with van der Waals surface area (Å²) in [5, 5.41) is 20.0. The van der Waals surface area contributed by atoms with Crippen LogP contribution >= 0.6 is 0 Å². The molecular weight excluding hydrogens is 386 g/mol. The lowest BCUT2D eigenvalue weighted by Crippen LogP contribution is -2.42. The van der Waals surface area contributed by atoms with E-state index in [9.17, 15) is 24.0 Å². The van der Waals surface area contributed by atoms with Crippen LogP contribution in [-0.4, -0.2) is 72.1 Å². The van der Waals surface area contributed by atoms with Crippen LogP contribution in [-0.2, 0) is 33.4 Å². The summed E-state index contributed by atoms with van der Waals surface area (Å²) in [7, 11) is 0. The number of Topliss-reactive ketones (excluding diaryl/α,β-unsaturated/α-hetero) is 2. The number of hydrogen-bond acceptors (Lipinski definition) is 7. The third-order valence-corrected chi connectivity index (χ3v) is 3.92. The minimum Gasteiger partial charge on any atom is -0.481 e. The Morgan fingerprint density at radius 2 is 1.52 bits per heavy atom. The van der Waals surface area contributed by atoms with Crippen molar-refractivity contribution in [2.24, 2.45) is 0 Å². The number of carboxylic acids is 2. The monoisotopic (exact) mass is 417 g/mol. The summed E-state index contributed by atoms with van der Waals surface area (Å²) in [4.78, 5) is 55.7. The quantitative estimate of drug-likeness (QED) is 0.206. The Labute approximate surface area is 169 Å². The summed E-state index contributed by atoms with van der Waals surface area (Å²) < 4.78 is 10.3. The third-order valence-electron chi connectivity index (χ3n) is 3.92. The molecule has 1 unspecified atom stereocenters. The topological polar surface area (TPSA) is 156 Å². The van der Waals surface area contributed by atoms with E-state index in [2.05, 4.69) is 5.32 Å². The minimum absolute atomic E-state index is 0.118. The summed E-state index contributed by atoms with van der Waals surface area (Å²) in [6, 6.07) is -1.03. The van der Waals surface area contributed by atoms with Gasteiger partial charge in [-0.1, -0.05) is 13.3 Å². The lowest BCUT2D eigenvalue weighted by atomic mass is 10.1. The van der Waals surface area contributed by atoms with Crippen molar-refractivity contribution in [2.75, 3.05) is 26.4 Å². The second kappa shape index (κ2) is 16.6. The van der Waals surface area contributed by atoms with Crippen LogP contribution in [0.25, 0.3) is 0 Å². The van der Waals surface area contributed by atoms with Gasteiger partial charge in [-0.15, -0.1) is 0 Å². The lowest BCUT2D eigenvalue weighted by molar-refractivity contribution is -0.143. The zero-order chi connectivity index (χ0) is 22.1. The molecule has 0 fully saturated rings. The van der Waals surface area contributed by atoms with E-state index in [1.807, 2.05) is 0 Å². The summed E-state index contributed by atoms with van der Waals surface area (Å²) in [6.45, 7) is 2.04. The predicted octanol–water partition coefficient (Wildman–Crippen LogP) is 0.953. The van der Waals surface area contributed by atoms with Gasteiger partial charge in [0, 0.05) is 25.9 Å². The molecule has 0 aromatic heterocycles. The van der Waals surface area contributed by atoms with Crippen LogP contribution in [0.3, 0.4) is 0 Å². The van der Waals surface area contributed by atoms with E-state index in [0.29, 0.717) is 32.1 Å². The van der Waals surface area contributed by atoms with Crippen molar-refractivity contribution < 1.29 is 43.7 Å². The Kier molecular flexibility index (Phi) is 15.3. The maximum Gasteiger partial charge on any atom is 0.326 e. The fraction of sp³-hybridized carbons (Fsp3) is 0.737. The molecule has 0 heterocycles. The number of aliphatic carboxylic acids is 2. The van der Waals surface area contributed by atoms with Gasteiger partial charge in [-0.25, -0.2) is 4.79 Å². The van der Waals surface area contributed by atoms with Crippen molar-refractivity contribution in [1.29, 1.82) is 0 Å². The van der Waals surface area contributed by atoms with Gasteiger partial charge in [-0.05, 0) is 19.3 Å². The Hall–Kier alpha value is -2.33. The van der Waals surface area contributed by atoms with Crippen LogP contribution in [0.5, 0.6) is 0 Å². The lowest BCUT2D eigenvalue weighted by Gasteiger charge is -2.14. The van der Waals surface area contributed by atoms with Gasteiger partial charge in [0.25, 0.3) is 0 Å². The Morgan fingerprint density at radius 1 is 0.862 bits per heavy atom. The molecule has 10 heteroatoms. The summed E-state index contributed by atoms with van der Waals surface area (Å²) in [5.74, 6) is -3.08. The molecule has 0 radical (unpaired) electrons. The highest BCUT2D eigenvalue weighted by Crippen LogP contribution is 2.06. The van der Waals surface area contributed by atoms with Gasteiger partial charge in [0.1, 0.15) is 30.6 Å². The second-order valence-electron chi connectivity index (χ2n) is 6.47. The van der Waals surface area contributed by atoms with E-state index in [-0.39, 0.29) is 50.8 Å². The molecule has 1 atom stereocenters. The van der Waals surface area contributed by atoms with Gasteiger partial charge in [0.05, 0.1) is 13.2 Å². The predicted molar refractivity (Wildman–Crippen MR) is 101 cm³/mol. The van der Waals surface area contributed by atoms with Crippen LogP contribution in [0.4, 0.5) is 0 Å². The number of unbranched alkanes of at least 4 members (excludes halogenated alkanes) is 1. The molecule has 0 rings (SSSR count). The smallest absolute Gasteiger partial charge is 0.326 e. The normalized spacial score (nSPS) is 11.6. The number of ketones is 2. The van der Waals surface area contributed by atoms with Crippen molar-refractivity contribution >= 4 is 29.4 Å². The van der Waals surface area contributed by atoms with Crippen LogP contribution < -0.4 is 5.32 Å². The van der Waals surface area contributed by atoms with Gasteiger partial charge in [-0.2, -0.15) is 0 Å². The van der Waals surface area contributed by atoms with E-state index in [1.54, 1.807) is 6.92 Å². The fourth-order valence-corrected chi connectivity index (χ4v) is 2.35. The number of hydrogen-bond donors (Lipinski definition) is 3. The SMILES string of the molecule is CCC(=O)CCCCC(NC(=O)COCCOCCCC(=O)CC(=O)O)C(=O)O. The van der Waals surface area contributed by atoms with Crippen molar-refractivity contribution in [1.82, 2.24) is 5.32 Å². The Morgan fingerprint density at radius 3 is 2.14 bits per heavy atom. The van der Waals surface area contributed by atoms with Gasteiger partial charge in [0.2, 0.25) is 5.91 Å². The van der Waals surface area contributed by atoms with E-state index < -0.39 is 30.3 Å². The van der Waals surface area contributed by atoms with Crippen molar-refractivity contribution in [3.63, 3.8) is 0 Å². The molecule has 29 heavy (non-hydrogen) atoms. The molecule has 0 aliphatic rings. The highest BCUT2D eigenvalue weighted by atomic mass is 16.5. The first-order valence-electron chi connectivity index (χ1n) is 9.69. The van der Waals surface area contributed by atoms with Crippen molar-refractivity contribution in [3.05, 3.63) is 0 Å². The number of carbonyl (C=O) groups excluding carboxylic acids is 3. The first-order valence-corrected chi connectivity index (χ1v) is 9.69. The van der Waals surface area contributed by atoms with Crippen molar-refractivity contribution in [2.45, 2.75) is 64.3 Å². The molecule has 0 saturated heterocycles. The van der Waals surface area contributed by atoms with E-state index in [4.69, 9.17) is 19.7 Å². The minimum atomic E-state index is -1.15. The zero-order valence-corrected chi connectivity index (χ0v) is 16.8. The van der Waals surface area contributed by atoms with E-state index in [0.717, 1.165) is 0 Å². The molecule has 0 saturated carbocycles. The number of rotatable bonds is 19. The second-order valence-corrected chi connectivity index (χ2v) is 6.47. The number of carbonyl (C=O) groups is 5. The van der Waals surface area contributed by atoms with E-state index in [1.165, 1.54) is 0 Å². The Balaban J connectivity index is 3.78. The Bertz CT molecular complexity index is 548. The highest BCUT2D eigenvalue weighted by molar-refractivity contribution is 5.94. The van der Waals surface area contributed by atoms with Crippen LogP contribution in [0.1, 0.15) is 58.3 Å². The van der Waals surface area contributed by atoms with Crippen LogP contribution in [0.15, 0.2) is 0 Å². The molecule has 10 nitrogen and oxygen atoms in total. The average molecular weight is 417 g/mol. The number of ether oxygens (including phenoxy) is 2. The molecule has 0 aromatic rings. The van der Waals surface area contributed by atoms with Crippen LogP contribution in [0, 0.1) is 0 Å². The van der Waals surface area contributed by atoms with Gasteiger partial charge >= 0.3 is 11.9 Å². The average Bonchev–Trinajstić information content (AvgIpc) is 2.65. The molecule has 0 aliphatic heterocycles. The molecule has 0 bridgehead atoms. The molecule has 0 aromatic carbocycles. The summed E-state index contributed by atoms with van der Waals surface area (Å²) in [5.41, 5.74) is 0.